The van der Waals surface area contributed by atoms with Gasteiger partial charge in [-0.1, -0.05) is 19.9 Å². The number of alkyl halides is 3. The van der Waals surface area contributed by atoms with Crippen LogP contribution in [0.3, 0.4) is 0 Å². The van der Waals surface area contributed by atoms with Crippen LogP contribution in [0.25, 0.3) is 5.57 Å². The molecule has 0 saturated carbocycles. The molecule has 0 aliphatic carbocycles. The van der Waals surface area contributed by atoms with Crippen LogP contribution in [0, 0.1) is 11.7 Å². The number of H-pyrrole nitrogens is 1. The monoisotopic (exact) mass is 607 g/mol. The van der Waals surface area contributed by atoms with E-state index in [0.717, 1.165) is 6.20 Å². The van der Waals surface area contributed by atoms with Crippen molar-refractivity contribution < 1.29 is 31.9 Å². The SMILES string of the molecule is CC(C)COC(=O)N1CCC=C(c2cc(NC(=O)c3c[nH]c(=O)cc3C(F)(F)F)c(N3C[C@@H](C)N(C)[C@@H](C)C3)cc2F)C1. The summed E-state index contributed by atoms with van der Waals surface area (Å²) in [6.45, 7) is 9.46. The molecule has 0 radical (unpaired) electrons. The maximum Gasteiger partial charge on any atom is 0.417 e. The topological polar surface area (TPSA) is 98.0 Å². The number of aromatic amines is 1. The van der Waals surface area contributed by atoms with E-state index in [9.17, 15) is 27.6 Å². The number of nitrogens with one attached hydrogen (secondary N) is 2. The lowest BCUT2D eigenvalue weighted by atomic mass is 9.98. The maximum absolute atomic E-state index is 15.8. The zero-order chi connectivity index (χ0) is 31.6. The number of halogens is 4. The minimum absolute atomic E-state index is 0.0568. The summed E-state index contributed by atoms with van der Waals surface area (Å²) in [5.74, 6) is -1.58. The van der Waals surface area contributed by atoms with Crippen LogP contribution in [0.15, 0.2) is 35.3 Å². The number of anilines is 2. The number of piperazine rings is 1. The van der Waals surface area contributed by atoms with Crippen LogP contribution in [0.1, 0.15) is 55.6 Å². The molecule has 4 rings (SSSR count). The number of pyridine rings is 1. The molecule has 1 saturated heterocycles. The molecule has 2 aromatic rings. The largest absolute Gasteiger partial charge is 0.449 e. The molecule has 0 spiro atoms. The van der Waals surface area contributed by atoms with Gasteiger partial charge in [0.1, 0.15) is 5.82 Å². The number of likely N-dealkylation sites (N-methyl/N-ethyl adjacent to an activating group) is 1. The summed E-state index contributed by atoms with van der Waals surface area (Å²) in [6.07, 6.45) is -2.53. The van der Waals surface area contributed by atoms with E-state index in [1.54, 1.807) is 6.08 Å². The van der Waals surface area contributed by atoms with Crippen molar-refractivity contribution in [1.29, 1.82) is 0 Å². The van der Waals surface area contributed by atoms with Gasteiger partial charge in [-0.2, -0.15) is 13.2 Å². The maximum atomic E-state index is 15.8. The third-order valence-corrected chi connectivity index (χ3v) is 7.80. The molecule has 9 nitrogen and oxygen atoms in total. The summed E-state index contributed by atoms with van der Waals surface area (Å²) < 4.78 is 62.4. The smallest absolute Gasteiger partial charge is 0.417 e. The van der Waals surface area contributed by atoms with Crippen LogP contribution in [0.4, 0.5) is 33.7 Å². The highest BCUT2D eigenvalue weighted by atomic mass is 19.4. The Morgan fingerprint density at radius 3 is 2.44 bits per heavy atom. The lowest BCUT2D eigenvalue weighted by molar-refractivity contribution is -0.138. The molecule has 2 aliphatic heterocycles. The van der Waals surface area contributed by atoms with Gasteiger partial charge in [-0.15, -0.1) is 0 Å². The van der Waals surface area contributed by atoms with Crippen molar-refractivity contribution in [3.8, 4) is 0 Å². The van der Waals surface area contributed by atoms with Gasteiger partial charge < -0.3 is 24.8 Å². The summed E-state index contributed by atoms with van der Waals surface area (Å²) in [5.41, 5.74) is -2.17. The number of carbonyl (C=O) groups excluding carboxylic acids is 2. The van der Waals surface area contributed by atoms with E-state index in [1.165, 1.54) is 17.0 Å². The number of amides is 2. The van der Waals surface area contributed by atoms with E-state index in [1.807, 2.05) is 39.6 Å². The molecular weight excluding hydrogens is 570 g/mol. The Labute approximate surface area is 247 Å². The van der Waals surface area contributed by atoms with Gasteiger partial charge in [-0.25, -0.2) is 9.18 Å². The lowest BCUT2D eigenvalue weighted by Gasteiger charge is -2.44. The molecule has 0 unspecified atom stereocenters. The van der Waals surface area contributed by atoms with E-state index < -0.39 is 40.7 Å². The van der Waals surface area contributed by atoms with Crippen molar-refractivity contribution in [3.63, 3.8) is 0 Å². The van der Waals surface area contributed by atoms with Crippen LogP contribution in [-0.4, -0.2) is 78.7 Å². The highest BCUT2D eigenvalue weighted by Gasteiger charge is 2.36. The minimum Gasteiger partial charge on any atom is -0.449 e. The number of hydrogen-bond donors (Lipinski definition) is 2. The normalized spacial score (nSPS) is 19.8. The van der Waals surface area contributed by atoms with Gasteiger partial charge in [-0.05, 0) is 50.9 Å². The van der Waals surface area contributed by atoms with Crippen LogP contribution in [0.5, 0.6) is 0 Å². The van der Waals surface area contributed by atoms with Crippen molar-refractivity contribution >= 4 is 28.9 Å². The summed E-state index contributed by atoms with van der Waals surface area (Å²) in [4.78, 5) is 45.2. The Morgan fingerprint density at radius 1 is 1.14 bits per heavy atom. The van der Waals surface area contributed by atoms with E-state index in [0.29, 0.717) is 43.4 Å². The number of carbonyl (C=O) groups is 2. The molecule has 1 aromatic carbocycles. The molecular formula is C30H37F4N5O4. The Hall–Kier alpha value is -3.87. The van der Waals surface area contributed by atoms with E-state index in [4.69, 9.17) is 4.74 Å². The molecule has 13 heteroatoms. The predicted molar refractivity (Wildman–Crippen MR) is 156 cm³/mol. The fourth-order valence-corrected chi connectivity index (χ4v) is 5.28. The number of hydrogen-bond acceptors (Lipinski definition) is 6. The van der Waals surface area contributed by atoms with E-state index in [2.05, 4.69) is 15.2 Å². The fourth-order valence-electron chi connectivity index (χ4n) is 5.28. The zero-order valence-corrected chi connectivity index (χ0v) is 24.8. The molecule has 2 aliphatic rings. The highest BCUT2D eigenvalue weighted by molar-refractivity contribution is 6.07. The van der Waals surface area contributed by atoms with Crippen LogP contribution < -0.4 is 15.8 Å². The molecule has 234 valence electrons. The summed E-state index contributed by atoms with van der Waals surface area (Å²) in [7, 11) is 1.97. The average Bonchev–Trinajstić information content (AvgIpc) is 2.94. The van der Waals surface area contributed by atoms with Gasteiger partial charge in [0.15, 0.2) is 0 Å². The lowest BCUT2D eigenvalue weighted by Crippen LogP contribution is -2.55. The van der Waals surface area contributed by atoms with Gasteiger partial charge in [0.05, 0.1) is 29.1 Å². The van der Waals surface area contributed by atoms with Crippen molar-refractivity contribution in [3.05, 3.63) is 63.3 Å². The molecule has 2 amide bonds. The Kier molecular flexibility index (Phi) is 9.53. The van der Waals surface area contributed by atoms with Crippen LogP contribution >= 0.6 is 0 Å². The standard InChI is InChI=1S/C30H37F4N5O4/c1-17(2)16-43-29(42)38-8-6-7-20(15-38)21-9-25(26(11-24(21)31)39-13-18(3)37(5)19(4)14-39)36-28(41)22-12-35-27(40)10-23(22)30(32,33)34/h7,9-12,17-19H,6,8,13-16H2,1-5H3,(H,35,40)(H,36,41)/t18-,19+. The first-order chi connectivity index (χ1) is 20.1. The summed E-state index contributed by atoms with van der Waals surface area (Å²) in [6, 6.07) is 3.12. The second kappa shape index (κ2) is 12.8. The van der Waals surface area contributed by atoms with Gasteiger partial charge in [-0.3, -0.25) is 14.5 Å². The fraction of sp³-hybridized carbons (Fsp3) is 0.500. The summed E-state index contributed by atoms with van der Waals surface area (Å²) >= 11 is 0. The highest BCUT2D eigenvalue weighted by Crippen LogP contribution is 2.37. The molecule has 43 heavy (non-hydrogen) atoms. The Morgan fingerprint density at radius 2 is 1.81 bits per heavy atom. The van der Waals surface area contributed by atoms with Gasteiger partial charge in [0, 0.05) is 56.1 Å². The van der Waals surface area contributed by atoms with Crippen molar-refractivity contribution in [2.24, 2.45) is 5.92 Å². The van der Waals surface area contributed by atoms with Gasteiger partial charge in [0.25, 0.3) is 5.91 Å². The average molecular weight is 608 g/mol. The third kappa shape index (κ3) is 7.38. The quantitative estimate of drug-likeness (QED) is 0.439. The molecule has 2 N–H and O–H groups in total. The molecule has 2 atom stereocenters. The first kappa shape index (κ1) is 32.1. The second-order valence-electron chi connectivity index (χ2n) is 11.6. The second-order valence-corrected chi connectivity index (χ2v) is 11.6. The van der Waals surface area contributed by atoms with Crippen LogP contribution in [0.2, 0.25) is 0 Å². The van der Waals surface area contributed by atoms with Gasteiger partial charge >= 0.3 is 12.3 Å². The van der Waals surface area contributed by atoms with E-state index >= 15 is 4.39 Å². The number of rotatable bonds is 6. The van der Waals surface area contributed by atoms with Crippen molar-refractivity contribution in [2.45, 2.75) is 52.4 Å². The van der Waals surface area contributed by atoms with Gasteiger partial charge in [0.2, 0.25) is 5.56 Å². The first-order valence-electron chi connectivity index (χ1n) is 14.2. The molecule has 3 heterocycles. The molecule has 0 bridgehead atoms. The number of benzene rings is 1. The van der Waals surface area contributed by atoms with Crippen molar-refractivity contribution in [1.82, 2.24) is 14.8 Å². The van der Waals surface area contributed by atoms with E-state index in [-0.39, 0.29) is 42.4 Å². The molecule has 1 aromatic heterocycles. The number of nitrogens with zero attached hydrogens (tertiary/aromatic N) is 3. The zero-order valence-electron chi connectivity index (χ0n) is 24.8. The van der Waals surface area contributed by atoms with Crippen LogP contribution in [-0.2, 0) is 10.9 Å². The Bertz CT molecular complexity index is 1440. The third-order valence-electron chi connectivity index (χ3n) is 7.80. The summed E-state index contributed by atoms with van der Waals surface area (Å²) in [5, 5.41) is 2.56. The number of aromatic nitrogens is 1. The Balaban J connectivity index is 1.73. The minimum atomic E-state index is -4.96. The first-order valence-corrected chi connectivity index (χ1v) is 14.2. The predicted octanol–water partition coefficient (Wildman–Crippen LogP) is 5.20. The number of ether oxygens (including phenoxy) is 1. The molecule has 1 fully saturated rings. The van der Waals surface area contributed by atoms with Crippen molar-refractivity contribution in [2.75, 3.05) is 50.1 Å².